The van der Waals surface area contributed by atoms with E-state index in [4.69, 9.17) is 10.6 Å². The van der Waals surface area contributed by atoms with E-state index < -0.39 is 0 Å². The number of benzene rings is 1. The van der Waals surface area contributed by atoms with E-state index in [1.807, 2.05) is 0 Å². The van der Waals surface area contributed by atoms with Crippen molar-refractivity contribution in [3.05, 3.63) is 29.8 Å². The van der Waals surface area contributed by atoms with E-state index in [9.17, 15) is 9.59 Å². The van der Waals surface area contributed by atoms with Gasteiger partial charge in [0.25, 0.3) is 11.8 Å². The summed E-state index contributed by atoms with van der Waals surface area (Å²) in [7, 11) is 3.34. The summed E-state index contributed by atoms with van der Waals surface area (Å²) in [5, 5.41) is 6.37. The number of anilines is 1. The van der Waals surface area contributed by atoms with Crippen LogP contribution in [0.25, 0.3) is 0 Å². The average Bonchev–Trinajstić information content (AvgIpc) is 2.52. The lowest BCUT2D eigenvalue weighted by molar-refractivity contribution is -0.120. The lowest BCUT2D eigenvalue weighted by Gasteiger charge is -2.11. The molecule has 0 aliphatic carbocycles. The number of carbonyl (C=O) groups excluding carboxylic acids is 2. The Balaban J connectivity index is 2.49. The van der Waals surface area contributed by atoms with Crippen molar-refractivity contribution in [1.29, 1.82) is 0 Å². The Morgan fingerprint density at radius 3 is 2.67 bits per heavy atom. The molecule has 0 fully saturated rings. The molecule has 0 aliphatic rings. The molecule has 1 rings (SSSR count). The highest BCUT2D eigenvalue weighted by molar-refractivity contribution is 5.97. The van der Waals surface area contributed by atoms with E-state index in [2.05, 4.69) is 24.3 Å². The fourth-order valence-electron chi connectivity index (χ4n) is 1.84. The molecule has 0 bridgehead atoms. The number of amides is 2. The van der Waals surface area contributed by atoms with Gasteiger partial charge in [0.2, 0.25) is 0 Å². The van der Waals surface area contributed by atoms with Gasteiger partial charge >= 0.3 is 0 Å². The molecule has 1 aromatic carbocycles. The lowest BCUT2D eigenvalue weighted by atomic mass is 10.1. The molecule has 2 amide bonds. The van der Waals surface area contributed by atoms with E-state index in [1.165, 1.54) is 4.90 Å². The maximum Gasteiger partial charge on any atom is 0.265 e. The predicted octanol–water partition coefficient (Wildman–Crippen LogP) is 2.05. The molecule has 7 nitrogen and oxygen atoms in total. The maximum atomic E-state index is 11.9. The molecule has 24 heavy (non-hydrogen) atoms. The third-order valence-corrected chi connectivity index (χ3v) is 3.15. The number of hydrogen-bond donors (Lipinski definition) is 2. The van der Waals surface area contributed by atoms with Gasteiger partial charge in [-0.1, -0.05) is 25.1 Å². The number of nitrogens with one attached hydrogen (secondary N) is 1. The summed E-state index contributed by atoms with van der Waals surface area (Å²) in [4.78, 5) is 30.2. The summed E-state index contributed by atoms with van der Waals surface area (Å²) >= 11 is 0. The molecule has 132 valence electrons. The van der Waals surface area contributed by atoms with Gasteiger partial charge in [0.15, 0.2) is 6.61 Å². The van der Waals surface area contributed by atoms with Crippen molar-refractivity contribution in [3.63, 3.8) is 0 Å². The van der Waals surface area contributed by atoms with E-state index in [0.29, 0.717) is 29.4 Å². The van der Waals surface area contributed by atoms with Crippen molar-refractivity contribution in [2.75, 3.05) is 26.0 Å². The number of carbonyl (C=O) groups is 2. The molecule has 3 N–H and O–H groups in total. The first-order valence-electron chi connectivity index (χ1n) is 7.85. The molecule has 0 heterocycles. The maximum absolute atomic E-state index is 11.9. The van der Waals surface area contributed by atoms with E-state index in [-0.39, 0.29) is 18.4 Å². The Bertz CT molecular complexity index is 597. The summed E-state index contributed by atoms with van der Waals surface area (Å²) in [6, 6.07) is 6.70. The normalized spacial score (nSPS) is 11.3. The number of nitrogens with zero attached hydrogens (tertiary/aromatic N) is 2. The zero-order chi connectivity index (χ0) is 18.1. The van der Waals surface area contributed by atoms with Crippen LogP contribution >= 0.6 is 0 Å². The van der Waals surface area contributed by atoms with Crippen LogP contribution in [0.4, 0.5) is 5.69 Å². The van der Waals surface area contributed by atoms with Crippen molar-refractivity contribution in [2.24, 2.45) is 16.8 Å². The second kappa shape index (κ2) is 9.54. The minimum absolute atomic E-state index is 0.134. The molecule has 1 aromatic rings. The molecule has 0 spiro atoms. The van der Waals surface area contributed by atoms with Gasteiger partial charge in [-0.2, -0.15) is 0 Å². The zero-order valence-electron chi connectivity index (χ0n) is 14.7. The molecular weight excluding hydrogens is 308 g/mol. The van der Waals surface area contributed by atoms with E-state index in [0.717, 1.165) is 6.42 Å². The average molecular weight is 334 g/mol. The standard InChI is InChI=1S/C17H26N4O3/c1-12(2)8-9-15(18)20-24-11-16(22)19-14-7-5-6-13(10-14)17(23)21(3)4/h5-7,10,12H,8-9,11H2,1-4H3,(H2,18,20)(H,19,22). The molecule has 0 aliphatic heterocycles. The Kier molecular flexibility index (Phi) is 7.74. The van der Waals surface area contributed by atoms with Crippen molar-refractivity contribution in [3.8, 4) is 0 Å². The fraction of sp³-hybridized carbons (Fsp3) is 0.471. The van der Waals surface area contributed by atoms with Crippen molar-refractivity contribution in [2.45, 2.75) is 26.7 Å². The zero-order valence-corrected chi connectivity index (χ0v) is 14.7. The Hall–Kier alpha value is -2.57. The first-order valence-corrected chi connectivity index (χ1v) is 7.85. The first-order chi connectivity index (χ1) is 11.3. The SMILES string of the molecule is CC(C)CC/C(N)=N/OCC(=O)Nc1cccc(C(=O)N(C)C)c1. The van der Waals surface area contributed by atoms with E-state index in [1.54, 1.807) is 38.4 Å². The third-order valence-electron chi connectivity index (χ3n) is 3.15. The van der Waals surface area contributed by atoms with Gasteiger partial charge in [0, 0.05) is 31.8 Å². The summed E-state index contributed by atoms with van der Waals surface area (Å²) in [6.45, 7) is 3.95. The van der Waals surface area contributed by atoms with Crippen LogP contribution in [-0.4, -0.2) is 43.3 Å². The van der Waals surface area contributed by atoms with Gasteiger partial charge in [-0.15, -0.1) is 0 Å². The predicted molar refractivity (Wildman–Crippen MR) is 94.7 cm³/mol. The van der Waals surface area contributed by atoms with Crippen LogP contribution in [0.1, 0.15) is 37.0 Å². The molecule has 0 saturated carbocycles. The van der Waals surface area contributed by atoms with Crippen molar-refractivity contribution >= 4 is 23.3 Å². The molecule has 0 atom stereocenters. The van der Waals surface area contributed by atoms with Crippen molar-refractivity contribution < 1.29 is 14.4 Å². The Morgan fingerprint density at radius 1 is 1.33 bits per heavy atom. The van der Waals surface area contributed by atoms with Gasteiger partial charge in [-0.05, 0) is 30.5 Å². The molecule has 0 saturated heterocycles. The topological polar surface area (TPSA) is 97.0 Å². The molecule has 0 unspecified atom stereocenters. The Labute approximate surface area is 142 Å². The molecule has 0 aromatic heterocycles. The highest BCUT2D eigenvalue weighted by atomic mass is 16.6. The molecule has 7 heteroatoms. The summed E-state index contributed by atoms with van der Waals surface area (Å²) in [5.74, 6) is 0.393. The van der Waals surface area contributed by atoms with Crippen molar-refractivity contribution in [1.82, 2.24) is 4.90 Å². The molecule has 0 radical (unpaired) electrons. The van der Waals surface area contributed by atoms with Gasteiger partial charge in [-0.25, -0.2) is 0 Å². The lowest BCUT2D eigenvalue weighted by Crippen LogP contribution is -2.22. The van der Waals surface area contributed by atoms with Gasteiger partial charge in [-0.3, -0.25) is 9.59 Å². The highest BCUT2D eigenvalue weighted by Gasteiger charge is 2.09. The first kappa shape index (κ1) is 19.5. The summed E-state index contributed by atoms with van der Waals surface area (Å²) < 4.78 is 0. The number of rotatable bonds is 8. The van der Waals surface area contributed by atoms with Crippen LogP contribution < -0.4 is 11.1 Å². The number of amidine groups is 1. The number of nitrogens with two attached hydrogens (primary N) is 1. The highest BCUT2D eigenvalue weighted by Crippen LogP contribution is 2.12. The summed E-state index contributed by atoms with van der Waals surface area (Å²) in [5.41, 5.74) is 6.71. The van der Waals surface area contributed by atoms with Crippen LogP contribution in [0.5, 0.6) is 0 Å². The minimum Gasteiger partial charge on any atom is -0.384 e. The number of hydrogen-bond acceptors (Lipinski definition) is 4. The molecular formula is C17H26N4O3. The van der Waals surface area contributed by atoms with Crippen LogP contribution in [-0.2, 0) is 9.63 Å². The largest absolute Gasteiger partial charge is 0.384 e. The van der Waals surface area contributed by atoms with Crippen LogP contribution in [0.15, 0.2) is 29.4 Å². The minimum atomic E-state index is -0.370. The van der Waals surface area contributed by atoms with E-state index >= 15 is 0 Å². The van der Waals surface area contributed by atoms with Gasteiger partial charge in [0.05, 0.1) is 0 Å². The van der Waals surface area contributed by atoms with Crippen LogP contribution in [0.2, 0.25) is 0 Å². The smallest absolute Gasteiger partial charge is 0.265 e. The monoisotopic (exact) mass is 334 g/mol. The second-order valence-electron chi connectivity index (χ2n) is 6.12. The second-order valence-corrected chi connectivity index (χ2v) is 6.12. The van der Waals surface area contributed by atoms with Gasteiger partial charge in [0.1, 0.15) is 5.84 Å². The summed E-state index contributed by atoms with van der Waals surface area (Å²) in [6.07, 6.45) is 1.55. The number of oxime groups is 1. The van der Waals surface area contributed by atoms with Crippen LogP contribution in [0.3, 0.4) is 0 Å². The Morgan fingerprint density at radius 2 is 2.04 bits per heavy atom. The van der Waals surface area contributed by atoms with Gasteiger partial charge < -0.3 is 20.8 Å². The van der Waals surface area contributed by atoms with Crippen LogP contribution in [0, 0.1) is 5.92 Å². The fourth-order valence-corrected chi connectivity index (χ4v) is 1.84. The third kappa shape index (κ3) is 7.13. The quantitative estimate of drug-likeness (QED) is 0.432.